The molecule has 0 aromatic heterocycles. The van der Waals surface area contributed by atoms with Crippen molar-refractivity contribution < 1.29 is 19.4 Å². The van der Waals surface area contributed by atoms with Crippen LogP contribution < -0.4 is 5.32 Å². The van der Waals surface area contributed by atoms with Crippen molar-refractivity contribution in [3.05, 3.63) is 12.2 Å². The summed E-state index contributed by atoms with van der Waals surface area (Å²) >= 11 is 0. The molecule has 0 bridgehead atoms. The van der Waals surface area contributed by atoms with Crippen LogP contribution >= 0.6 is 0 Å². The fourth-order valence-corrected chi connectivity index (χ4v) is 2.31. The smallest absolute Gasteiger partial charge is 0.303 e. The number of hydrogen-bond acceptors (Lipinski definition) is 4. The molecule has 1 fully saturated rings. The predicted octanol–water partition coefficient (Wildman–Crippen LogP) is 1.54. The van der Waals surface area contributed by atoms with Crippen LogP contribution in [0.5, 0.6) is 0 Å². The minimum atomic E-state index is -0.737. The molecule has 18 heavy (non-hydrogen) atoms. The van der Waals surface area contributed by atoms with Crippen LogP contribution in [-0.2, 0) is 14.3 Å². The van der Waals surface area contributed by atoms with Gasteiger partial charge in [-0.05, 0) is 19.3 Å². The van der Waals surface area contributed by atoms with Gasteiger partial charge in [-0.2, -0.15) is 0 Å². The van der Waals surface area contributed by atoms with Crippen molar-refractivity contribution in [2.45, 2.75) is 43.9 Å². The molecule has 1 saturated heterocycles. The maximum absolute atomic E-state index is 10.3. The number of nitrogens with one attached hydrogen (secondary N) is 1. The summed E-state index contributed by atoms with van der Waals surface area (Å²) in [7, 11) is 3.33. The molecule has 0 amide bonds. The van der Waals surface area contributed by atoms with Gasteiger partial charge in [0.25, 0.3) is 0 Å². The van der Waals surface area contributed by atoms with Gasteiger partial charge in [-0.15, -0.1) is 0 Å². The normalized spacial score (nSPS) is 22.7. The molecule has 0 aromatic rings. The lowest BCUT2D eigenvalue weighted by atomic mass is 10.0. The van der Waals surface area contributed by atoms with Crippen LogP contribution in [0.25, 0.3) is 0 Å². The topological polar surface area (TPSA) is 67.8 Å². The Morgan fingerprint density at radius 3 is 2.78 bits per heavy atom. The molecule has 5 heteroatoms. The van der Waals surface area contributed by atoms with Gasteiger partial charge in [-0.25, -0.2) is 0 Å². The SMILES string of the molecule is COC1(OC)CCNC1C/C=C\CCCC(=O)O. The first kappa shape index (κ1) is 15.1. The van der Waals surface area contributed by atoms with Gasteiger partial charge in [-0.1, -0.05) is 12.2 Å². The van der Waals surface area contributed by atoms with E-state index >= 15 is 0 Å². The maximum atomic E-state index is 10.3. The molecule has 1 heterocycles. The van der Waals surface area contributed by atoms with Gasteiger partial charge in [0.05, 0.1) is 6.04 Å². The number of carboxylic acid groups (broad SMARTS) is 1. The summed E-state index contributed by atoms with van der Waals surface area (Å²) in [6.07, 6.45) is 7.48. The summed E-state index contributed by atoms with van der Waals surface area (Å²) in [5.74, 6) is -1.26. The third kappa shape index (κ3) is 4.08. The standard InChI is InChI=1S/C13H23NO4/c1-17-13(18-2)9-10-14-11(13)7-5-3-4-6-8-12(15)16/h3,5,11,14H,4,6-10H2,1-2H3,(H,15,16)/b5-3-. The number of allylic oxidation sites excluding steroid dienone is 1. The summed E-state index contributed by atoms with van der Waals surface area (Å²) in [5, 5.41) is 11.9. The van der Waals surface area contributed by atoms with Gasteiger partial charge in [0.2, 0.25) is 0 Å². The van der Waals surface area contributed by atoms with E-state index in [2.05, 4.69) is 11.4 Å². The van der Waals surface area contributed by atoms with Crippen molar-refractivity contribution >= 4 is 5.97 Å². The van der Waals surface area contributed by atoms with Crippen LogP contribution in [0.1, 0.15) is 32.1 Å². The maximum Gasteiger partial charge on any atom is 0.303 e. The monoisotopic (exact) mass is 257 g/mol. The lowest BCUT2D eigenvalue weighted by Crippen LogP contribution is -2.45. The van der Waals surface area contributed by atoms with Crippen molar-refractivity contribution in [2.24, 2.45) is 0 Å². The second-order valence-corrected chi connectivity index (χ2v) is 4.47. The zero-order valence-electron chi connectivity index (χ0n) is 11.1. The van der Waals surface area contributed by atoms with Crippen molar-refractivity contribution in [3.8, 4) is 0 Å². The molecule has 1 aliphatic rings. The highest BCUT2D eigenvalue weighted by Crippen LogP contribution is 2.28. The first-order valence-corrected chi connectivity index (χ1v) is 6.35. The summed E-state index contributed by atoms with van der Waals surface area (Å²) in [6, 6.07) is 0.156. The van der Waals surface area contributed by atoms with Crippen LogP contribution in [0.15, 0.2) is 12.2 Å². The van der Waals surface area contributed by atoms with Crippen molar-refractivity contribution in [2.75, 3.05) is 20.8 Å². The molecule has 0 aromatic carbocycles. The number of carbonyl (C=O) groups is 1. The van der Waals surface area contributed by atoms with Gasteiger partial charge < -0.3 is 19.9 Å². The highest BCUT2D eigenvalue weighted by molar-refractivity contribution is 5.66. The Bertz CT molecular complexity index is 287. The molecule has 0 saturated carbocycles. The van der Waals surface area contributed by atoms with E-state index in [1.54, 1.807) is 14.2 Å². The molecule has 1 atom stereocenters. The largest absolute Gasteiger partial charge is 0.481 e. The van der Waals surface area contributed by atoms with Crippen LogP contribution in [0.3, 0.4) is 0 Å². The minimum absolute atomic E-state index is 0.156. The molecule has 0 aliphatic carbocycles. The van der Waals surface area contributed by atoms with E-state index in [4.69, 9.17) is 14.6 Å². The van der Waals surface area contributed by atoms with Gasteiger partial charge in [-0.3, -0.25) is 4.79 Å². The zero-order chi connectivity index (χ0) is 13.4. The van der Waals surface area contributed by atoms with Crippen LogP contribution in [0, 0.1) is 0 Å². The van der Waals surface area contributed by atoms with Crippen LogP contribution in [0.4, 0.5) is 0 Å². The van der Waals surface area contributed by atoms with E-state index in [0.29, 0.717) is 6.42 Å². The Morgan fingerprint density at radius 2 is 2.17 bits per heavy atom. The van der Waals surface area contributed by atoms with E-state index in [-0.39, 0.29) is 12.5 Å². The van der Waals surface area contributed by atoms with E-state index < -0.39 is 11.8 Å². The fourth-order valence-electron chi connectivity index (χ4n) is 2.31. The van der Waals surface area contributed by atoms with Crippen LogP contribution in [0.2, 0.25) is 0 Å². The Morgan fingerprint density at radius 1 is 1.44 bits per heavy atom. The van der Waals surface area contributed by atoms with E-state index in [9.17, 15) is 4.79 Å². The number of ether oxygens (including phenoxy) is 2. The lowest BCUT2D eigenvalue weighted by Gasteiger charge is -2.31. The van der Waals surface area contributed by atoms with E-state index in [0.717, 1.165) is 25.8 Å². The predicted molar refractivity (Wildman–Crippen MR) is 68.4 cm³/mol. The Kier molecular flexibility index (Phi) is 6.32. The van der Waals surface area contributed by atoms with E-state index in [1.807, 2.05) is 6.08 Å². The van der Waals surface area contributed by atoms with Gasteiger partial charge >= 0.3 is 5.97 Å². The molecule has 1 unspecified atom stereocenters. The highest BCUT2D eigenvalue weighted by Gasteiger charge is 2.42. The number of unbranched alkanes of at least 4 members (excludes halogenated alkanes) is 1. The number of carboxylic acids is 1. The fraction of sp³-hybridized carbons (Fsp3) is 0.769. The quantitative estimate of drug-likeness (QED) is 0.392. The van der Waals surface area contributed by atoms with Gasteiger partial charge in [0.1, 0.15) is 0 Å². The molecule has 0 radical (unpaired) electrons. The minimum Gasteiger partial charge on any atom is -0.481 e. The summed E-state index contributed by atoms with van der Waals surface area (Å²) < 4.78 is 10.9. The van der Waals surface area contributed by atoms with Crippen molar-refractivity contribution in [1.29, 1.82) is 0 Å². The Labute approximate surface area is 108 Å². The van der Waals surface area contributed by atoms with Gasteiger partial charge in [0.15, 0.2) is 5.79 Å². The van der Waals surface area contributed by atoms with Crippen molar-refractivity contribution in [1.82, 2.24) is 5.32 Å². The molecular formula is C13H23NO4. The lowest BCUT2D eigenvalue weighted by molar-refractivity contribution is -0.210. The summed E-state index contributed by atoms with van der Waals surface area (Å²) in [6.45, 7) is 0.888. The van der Waals surface area contributed by atoms with Gasteiger partial charge in [0, 0.05) is 33.6 Å². The average molecular weight is 257 g/mol. The second kappa shape index (κ2) is 7.51. The third-order valence-electron chi connectivity index (χ3n) is 3.39. The van der Waals surface area contributed by atoms with Crippen LogP contribution in [-0.4, -0.2) is 43.7 Å². The molecule has 1 rings (SSSR count). The second-order valence-electron chi connectivity index (χ2n) is 4.47. The summed E-state index contributed by atoms with van der Waals surface area (Å²) in [5.41, 5.74) is 0. The first-order valence-electron chi connectivity index (χ1n) is 6.35. The number of hydrogen-bond donors (Lipinski definition) is 2. The van der Waals surface area contributed by atoms with E-state index in [1.165, 1.54) is 0 Å². The number of aliphatic carboxylic acids is 1. The number of rotatable bonds is 8. The first-order chi connectivity index (χ1) is 8.64. The average Bonchev–Trinajstić information content (AvgIpc) is 2.76. The highest BCUT2D eigenvalue weighted by atomic mass is 16.7. The van der Waals surface area contributed by atoms with Crippen molar-refractivity contribution in [3.63, 3.8) is 0 Å². The summed E-state index contributed by atoms with van der Waals surface area (Å²) in [4.78, 5) is 10.3. The Hall–Kier alpha value is -0.910. The zero-order valence-corrected chi connectivity index (χ0v) is 11.1. The molecule has 0 spiro atoms. The molecule has 1 aliphatic heterocycles. The molecule has 104 valence electrons. The molecule has 5 nitrogen and oxygen atoms in total. The third-order valence-corrected chi connectivity index (χ3v) is 3.39. The molecular weight excluding hydrogens is 234 g/mol. The molecule has 2 N–H and O–H groups in total. The number of methoxy groups -OCH3 is 2. The Balaban J connectivity index is 2.29.